The Labute approximate surface area is 102 Å². The van der Waals surface area contributed by atoms with Crippen LogP contribution in [0.3, 0.4) is 0 Å². The summed E-state index contributed by atoms with van der Waals surface area (Å²) in [7, 11) is 1.65. The smallest absolute Gasteiger partial charge is 0.234 e. The number of ether oxygens (including phenoxy) is 2. The third-order valence-corrected chi connectivity index (χ3v) is 3.34. The Morgan fingerprint density at radius 2 is 2.24 bits per heavy atom. The normalized spacial score (nSPS) is 28.3. The monoisotopic (exact) mass is 242 g/mol. The van der Waals surface area contributed by atoms with E-state index >= 15 is 0 Å². The average Bonchev–Trinajstić information content (AvgIpc) is 3.06. The van der Waals surface area contributed by atoms with E-state index in [9.17, 15) is 4.79 Å². The molecule has 5 heteroatoms. The number of rotatable bonds is 7. The molecular weight excluding hydrogens is 220 g/mol. The minimum absolute atomic E-state index is 0.0576. The van der Waals surface area contributed by atoms with Crippen molar-refractivity contribution in [1.29, 1.82) is 0 Å². The van der Waals surface area contributed by atoms with Gasteiger partial charge in [-0.05, 0) is 25.2 Å². The Morgan fingerprint density at radius 3 is 2.94 bits per heavy atom. The van der Waals surface area contributed by atoms with Gasteiger partial charge in [-0.25, -0.2) is 0 Å². The van der Waals surface area contributed by atoms with Crippen molar-refractivity contribution in [3.63, 3.8) is 0 Å². The Kier molecular flexibility index (Phi) is 4.76. The zero-order valence-corrected chi connectivity index (χ0v) is 10.4. The number of carbonyl (C=O) groups is 1. The van der Waals surface area contributed by atoms with Crippen molar-refractivity contribution in [2.75, 3.05) is 33.4 Å². The van der Waals surface area contributed by atoms with Crippen molar-refractivity contribution in [2.45, 2.75) is 31.4 Å². The van der Waals surface area contributed by atoms with Crippen molar-refractivity contribution in [2.24, 2.45) is 5.92 Å². The number of nitrogens with one attached hydrogen (secondary N) is 2. The number of carbonyl (C=O) groups excluding carboxylic acids is 1. The van der Waals surface area contributed by atoms with E-state index in [-0.39, 0.29) is 18.1 Å². The Balaban J connectivity index is 1.63. The van der Waals surface area contributed by atoms with E-state index in [0.29, 0.717) is 25.6 Å². The topological polar surface area (TPSA) is 59.6 Å². The van der Waals surface area contributed by atoms with Crippen molar-refractivity contribution in [3.05, 3.63) is 0 Å². The molecule has 2 atom stereocenters. The van der Waals surface area contributed by atoms with Crippen molar-refractivity contribution < 1.29 is 14.3 Å². The van der Waals surface area contributed by atoms with Crippen LogP contribution in [0.4, 0.5) is 0 Å². The Hall–Kier alpha value is -0.650. The molecule has 1 saturated heterocycles. The minimum Gasteiger partial charge on any atom is -0.383 e. The molecule has 0 radical (unpaired) electrons. The quantitative estimate of drug-likeness (QED) is 0.612. The van der Waals surface area contributed by atoms with Crippen LogP contribution in [0.15, 0.2) is 0 Å². The number of hydrogen-bond acceptors (Lipinski definition) is 4. The van der Waals surface area contributed by atoms with Gasteiger partial charge in [-0.3, -0.25) is 4.79 Å². The van der Waals surface area contributed by atoms with Gasteiger partial charge in [0.2, 0.25) is 5.91 Å². The lowest BCUT2D eigenvalue weighted by atomic mass is 10.1. The van der Waals surface area contributed by atoms with Gasteiger partial charge in [0, 0.05) is 20.3 Å². The molecule has 1 saturated carbocycles. The minimum atomic E-state index is 0.0576. The molecule has 5 nitrogen and oxygen atoms in total. The van der Waals surface area contributed by atoms with Crippen molar-refractivity contribution in [1.82, 2.24) is 10.6 Å². The fourth-order valence-electron chi connectivity index (χ4n) is 2.29. The zero-order valence-electron chi connectivity index (χ0n) is 10.4. The Bertz CT molecular complexity index is 256. The summed E-state index contributed by atoms with van der Waals surface area (Å²) in [6, 6.07) is 0.222. The zero-order chi connectivity index (χ0) is 12.1. The van der Waals surface area contributed by atoms with Crippen LogP contribution in [0.25, 0.3) is 0 Å². The van der Waals surface area contributed by atoms with Gasteiger partial charge in [0.1, 0.15) is 0 Å². The van der Waals surface area contributed by atoms with Crippen LogP contribution in [0.1, 0.15) is 19.3 Å². The lowest BCUT2D eigenvalue weighted by Crippen LogP contribution is -2.45. The van der Waals surface area contributed by atoms with E-state index in [1.807, 2.05) is 0 Å². The van der Waals surface area contributed by atoms with Crippen LogP contribution in [0.2, 0.25) is 0 Å². The predicted molar refractivity (Wildman–Crippen MR) is 63.8 cm³/mol. The molecule has 2 N–H and O–H groups in total. The lowest BCUT2D eigenvalue weighted by Gasteiger charge is -2.19. The molecule has 2 unspecified atom stereocenters. The summed E-state index contributed by atoms with van der Waals surface area (Å²) >= 11 is 0. The molecule has 2 aliphatic rings. The van der Waals surface area contributed by atoms with E-state index < -0.39 is 0 Å². The first-order valence-corrected chi connectivity index (χ1v) is 6.42. The summed E-state index contributed by atoms with van der Waals surface area (Å²) < 4.78 is 10.6. The predicted octanol–water partition coefficient (Wildman–Crippen LogP) is -0.0939. The first-order valence-electron chi connectivity index (χ1n) is 6.42. The highest BCUT2D eigenvalue weighted by Gasteiger charge is 2.41. The third kappa shape index (κ3) is 3.94. The van der Waals surface area contributed by atoms with E-state index in [2.05, 4.69) is 10.6 Å². The second-order valence-electron chi connectivity index (χ2n) is 4.81. The van der Waals surface area contributed by atoms with Gasteiger partial charge in [0.05, 0.1) is 25.3 Å². The van der Waals surface area contributed by atoms with Gasteiger partial charge in [0.25, 0.3) is 0 Å². The maximum absolute atomic E-state index is 11.7. The van der Waals surface area contributed by atoms with Gasteiger partial charge in [-0.15, -0.1) is 0 Å². The first-order chi connectivity index (χ1) is 8.31. The van der Waals surface area contributed by atoms with Crippen LogP contribution < -0.4 is 10.6 Å². The summed E-state index contributed by atoms with van der Waals surface area (Å²) in [5, 5.41) is 6.10. The molecule has 98 valence electrons. The van der Waals surface area contributed by atoms with Crippen LogP contribution in [0, 0.1) is 5.92 Å². The average molecular weight is 242 g/mol. The summed E-state index contributed by atoms with van der Waals surface area (Å²) in [5.74, 6) is 0.742. The molecule has 0 spiro atoms. The highest BCUT2D eigenvalue weighted by Crippen LogP contribution is 2.38. The van der Waals surface area contributed by atoms with Gasteiger partial charge in [-0.1, -0.05) is 0 Å². The molecular formula is C12H22N2O3. The number of amides is 1. The van der Waals surface area contributed by atoms with E-state index in [1.165, 1.54) is 12.8 Å². The SMILES string of the molecule is COCCNCC(=O)NC1CCOC1C1CC1. The second-order valence-corrected chi connectivity index (χ2v) is 4.81. The van der Waals surface area contributed by atoms with Crippen LogP contribution in [-0.4, -0.2) is 51.5 Å². The largest absolute Gasteiger partial charge is 0.383 e. The molecule has 2 rings (SSSR count). The third-order valence-electron chi connectivity index (χ3n) is 3.34. The standard InChI is InChI=1S/C12H22N2O3/c1-16-7-5-13-8-11(15)14-10-4-6-17-12(10)9-2-3-9/h9-10,12-13H,2-8H2,1H3,(H,14,15). The van der Waals surface area contributed by atoms with Crippen LogP contribution in [0.5, 0.6) is 0 Å². The highest BCUT2D eigenvalue weighted by molar-refractivity contribution is 5.78. The lowest BCUT2D eigenvalue weighted by molar-refractivity contribution is -0.121. The van der Waals surface area contributed by atoms with E-state index in [1.54, 1.807) is 7.11 Å². The van der Waals surface area contributed by atoms with Crippen LogP contribution >= 0.6 is 0 Å². The highest BCUT2D eigenvalue weighted by atomic mass is 16.5. The van der Waals surface area contributed by atoms with Gasteiger partial charge in [0.15, 0.2) is 0 Å². The van der Waals surface area contributed by atoms with Crippen LogP contribution in [-0.2, 0) is 14.3 Å². The number of hydrogen-bond donors (Lipinski definition) is 2. The summed E-state index contributed by atoms with van der Waals surface area (Å²) in [6.07, 6.45) is 3.72. The number of methoxy groups -OCH3 is 1. The van der Waals surface area contributed by atoms with Crippen molar-refractivity contribution in [3.8, 4) is 0 Å². The molecule has 0 aromatic heterocycles. The molecule has 0 bridgehead atoms. The molecule has 1 heterocycles. The molecule has 0 aromatic carbocycles. The molecule has 17 heavy (non-hydrogen) atoms. The fourth-order valence-corrected chi connectivity index (χ4v) is 2.29. The molecule has 1 aliphatic carbocycles. The summed E-state index contributed by atoms with van der Waals surface area (Å²) in [5.41, 5.74) is 0. The van der Waals surface area contributed by atoms with Gasteiger partial charge in [-0.2, -0.15) is 0 Å². The molecule has 1 aliphatic heterocycles. The fraction of sp³-hybridized carbons (Fsp3) is 0.917. The molecule has 1 amide bonds. The van der Waals surface area contributed by atoms with E-state index in [4.69, 9.17) is 9.47 Å². The summed E-state index contributed by atoms with van der Waals surface area (Å²) in [6.45, 7) is 2.47. The van der Waals surface area contributed by atoms with Gasteiger partial charge >= 0.3 is 0 Å². The maximum Gasteiger partial charge on any atom is 0.234 e. The Morgan fingerprint density at radius 1 is 1.41 bits per heavy atom. The van der Waals surface area contributed by atoms with Crippen molar-refractivity contribution >= 4 is 5.91 Å². The maximum atomic E-state index is 11.7. The molecule has 2 fully saturated rings. The second kappa shape index (κ2) is 6.33. The first kappa shape index (κ1) is 12.8. The van der Waals surface area contributed by atoms with Gasteiger partial charge < -0.3 is 20.1 Å². The van der Waals surface area contributed by atoms with E-state index in [0.717, 1.165) is 13.0 Å². The summed E-state index contributed by atoms with van der Waals surface area (Å²) in [4.78, 5) is 11.7. The molecule has 0 aromatic rings.